The normalized spacial score (nSPS) is 19.8. The van der Waals surface area contributed by atoms with E-state index in [2.05, 4.69) is 16.7 Å². The maximum atomic E-state index is 13.5. The van der Waals surface area contributed by atoms with Crippen LogP contribution in [-0.2, 0) is 19.7 Å². The first-order valence-corrected chi connectivity index (χ1v) is 12.9. The number of carbonyl (C=O) groups excluding carboxylic acids is 2. The van der Waals surface area contributed by atoms with Gasteiger partial charge in [-0.15, -0.1) is 0 Å². The number of amides is 2. The lowest BCUT2D eigenvalue weighted by Crippen LogP contribution is -2.49. The van der Waals surface area contributed by atoms with Gasteiger partial charge in [0.1, 0.15) is 6.04 Å². The first-order chi connectivity index (χ1) is 17.3. The summed E-state index contributed by atoms with van der Waals surface area (Å²) in [4.78, 5) is 26.3. The van der Waals surface area contributed by atoms with E-state index in [1.54, 1.807) is 0 Å². The smallest absolute Gasteiger partial charge is 0.256 e. The lowest BCUT2D eigenvalue weighted by molar-refractivity contribution is -0.125. The van der Waals surface area contributed by atoms with Crippen LogP contribution in [0.15, 0.2) is 30.0 Å². The molecule has 4 N–H and O–H groups in total. The van der Waals surface area contributed by atoms with Crippen molar-refractivity contribution in [2.75, 3.05) is 18.5 Å². The van der Waals surface area contributed by atoms with Gasteiger partial charge in [0.25, 0.3) is 5.91 Å². The number of aryl methyl sites for hydroxylation is 1. The number of nitrogens with zero attached hydrogens (tertiary/aromatic N) is 1. The number of aliphatic hydroxyl groups excluding tert-OH is 1. The van der Waals surface area contributed by atoms with Crippen LogP contribution in [0.25, 0.3) is 0 Å². The Morgan fingerprint density at radius 3 is 2.39 bits per heavy atom. The van der Waals surface area contributed by atoms with E-state index in [0.29, 0.717) is 38.0 Å². The SMILES string of the molecule is CC(=N)/C(=C\O)C(=O)NC(C(=O)Nc1ccc(C2(C#N)CCOCC2)c(C)c1)C1CCCCCCC1. The molecule has 2 aliphatic rings. The molecule has 36 heavy (non-hydrogen) atoms. The maximum absolute atomic E-state index is 13.5. The molecule has 3 rings (SSSR count). The number of rotatable bonds is 7. The summed E-state index contributed by atoms with van der Waals surface area (Å²) in [7, 11) is 0. The molecule has 8 heteroatoms. The Bertz CT molecular complexity index is 1030. The number of benzene rings is 1. The fourth-order valence-electron chi connectivity index (χ4n) is 5.42. The van der Waals surface area contributed by atoms with Crippen molar-refractivity contribution < 1.29 is 19.4 Å². The lowest BCUT2D eigenvalue weighted by Gasteiger charge is -2.32. The van der Waals surface area contributed by atoms with Crippen LogP contribution in [0.4, 0.5) is 5.69 Å². The molecule has 0 aromatic heterocycles. The molecule has 0 radical (unpaired) electrons. The van der Waals surface area contributed by atoms with Crippen LogP contribution >= 0.6 is 0 Å². The number of ether oxygens (including phenoxy) is 1. The Kier molecular flexibility index (Phi) is 9.65. The first-order valence-electron chi connectivity index (χ1n) is 12.9. The predicted molar refractivity (Wildman–Crippen MR) is 139 cm³/mol. The number of anilines is 1. The highest BCUT2D eigenvalue weighted by molar-refractivity contribution is 6.20. The van der Waals surface area contributed by atoms with Gasteiger partial charge in [0.15, 0.2) is 0 Å². The molecular weight excluding hydrogens is 456 g/mol. The predicted octanol–water partition coefficient (Wildman–Crippen LogP) is 4.83. The minimum absolute atomic E-state index is 0.0373. The molecule has 1 aromatic carbocycles. The standard InChI is InChI=1S/C28H38N4O4/c1-19-16-22(10-11-24(19)28(18-29)12-14-36-15-13-28)31-27(35)25(21-8-6-4-3-5-7-9-21)32-26(34)23(17-33)20(2)30/h10-11,16-17,21,25,30,33H,3-9,12-15H2,1-2H3,(H,31,35)(H,32,34)/b23-17+,30-20?. The van der Waals surface area contributed by atoms with E-state index in [9.17, 15) is 20.0 Å². The van der Waals surface area contributed by atoms with Gasteiger partial charge in [0.05, 0.1) is 23.3 Å². The fourth-order valence-corrected chi connectivity index (χ4v) is 5.42. The summed E-state index contributed by atoms with van der Waals surface area (Å²) in [6.45, 7) is 4.46. The van der Waals surface area contributed by atoms with Gasteiger partial charge in [-0.25, -0.2) is 0 Å². The van der Waals surface area contributed by atoms with E-state index in [4.69, 9.17) is 10.1 Å². The fraction of sp³-hybridized carbons (Fsp3) is 0.571. The van der Waals surface area contributed by atoms with Gasteiger partial charge < -0.3 is 25.9 Å². The molecule has 194 valence electrons. The van der Waals surface area contributed by atoms with Crippen molar-refractivity contribution in [3.8, 4) is 6.07 Å². The summed E-state index contributed by atoms with van der Waals surface area (Å²) in [6, 6.07) is 7.31. The van der Waals surface area contributed by atoms with E-state index in [1.807, 2.05) is 25.1 Å². The van der Waals surface area contributed by atoms with Crippen LogP contribution in [0.2, 0.25) is 0 Å². The summed E-state index contributed by atoms with van der Waals surface area (Å²) in [5.41, 5.74) is 1.67. The number of carbonyl (C=O) groups is 2. The topological polar surface area (TPSA) is 135 Å². The van der Waals surface area contributed by atoms with Crippen molar-refractivity contribution in [3.63, 3.8) is 0 Å². The molecule has 1 saturated heterocycles. The van der Waals surface area contributed by atoms with Crippen molar-refractivity contribution in [2.24, 2.45) is 5.92 Å². The third-order valence-electron chi connectivity index (χ3n) is 7.54. The Morgan fingerprint density at radius 1 is 1.19 bits per heavy atom. The van der Waals surface area contributed by atoms with E-state index in [0.717, 1.165) is 49.7 Å². The van der Waals surface area contributed by atoms with E-state index in [1.165, 1.54) is 13.3 Å². The molecule has 1 aliphatic heterocycles. The average Bonchev–Trinajstić information content (AvgIpc) is 2.83. The molecule has 1 heterocycles. The van der Waals surface area contributed by atoms with Crippen LogP contribution in [0.3, 0.4) is 0 Å². The summed E-state index contributed by atoms with van der Waals surface area (Å²) < 4.78 is 5.46. The lowest BCUT2D eigenvalue weighted by atomic mass is 9.74. The summed E-state index contributed by atoms with van der Waals surface area (Å²) in [6.07, 6.45) is 8.91. The number of aliphatic hydroxyl groups is 1. The van der Waals surface area contributed by atoms with Crippen LogP contribution in [0.5, 0.6) is 0 Å². The monoisotopic (exact) mass is 494 g/mol. The Morgan fingerprint density at radius 2 is 1.83 bits per heavy atom. The van der Waals surface area contributed by atoms with Gasteiger partial charge >= 0.3 is 0 Å². The van der Waals surface area contributed by atoms with E-state index >= 15 is 0 Å². The van der Waals surface area contributed by atoms with Crippen LogP contribution < -0.4 is 10.6 Å². The summed E-state index contributed by atoms with van der Waals surface area (Å²) >= 11 is 0. The van der Waals surface area contributed by atoms with Crippen molar-refractivity contribution in [2.45, 2.75) is 83.1 Å². The van der Waals surface area contributed by atoms with Crippen molar-refractivity contribution >= 4 is 23.2 Å². The summed E-state index contributed by atoms with van der Waals surface area (Å²) in [5, 5.41) is 32.9. The molecule has 1 saturated carbocycles. The van der Waals surface area contributed by atoms with Gasteiger partial charge in [0.2, 0.25) is 5.91 Å². The van der Waals surface area contributed by atoms with Gasteiger partial charge in [-0.3, -0.25) is 9.59 Å². The zero-order valence-electron chi connectivity index (χ0n) is 21.4. The molecule has 1 unspecified atom stereocenters. The molecule has 8 nitrogen and oxygen atoms in total. The average molecular weight is 495 g/mol. The minimum atomic E-state index is -0.786. The summed E-state index contributed by atoms with van der Waals surface area (Å²) in [5.74, 6) is -0.985. The highest BCUT2D eigenvalue weighted by atomic mass is 16.5. The highest BCUT2D eigenvalue weighted by Gasteiger charge is 2.36. The molecular formula is C28H38N4O4. The second-order valence-corrected chi connectivity index (χ2v) is 10.0. The number of nitrogens with one attached hydrogen (secondary N) is 3. The quantitative estimate of drug-likeness (QED) is 0.244. The Balaban J connectivity index is 1.83. The maximum Gasteiger partial charge on any atom is 0.256 e. The zero-order chi connectivity index (χ0) is 26.1. The van der Waals surface area contributed by atoms with Crippen molar-refractivity contribution in [3.05, 3.63) is 41.2 Å². The molecule has 2 amide bonds. The molecule has 1 aromatic rings. The van der Waals surface area contributed by atoms with Crippen LogP contribution in [0.1, 0.15) is 75.8 Å². The molecule has 0 bridgehead atoms. The van der Waals surface area contributed by atoms with Crippen molar-refractivity contribution in [1.29, 1.82) is 10.7 Å². The second kappa shape index (κ2) is 12.7. The van der Waals surface area contributed by atoms with Crippen LogP contribution in [-0.4, -0.2) is 41.9 Å². The van der Waals surface area contributed by atoms with Gasteiger partial charge in [-0.1, -0.05) is 38.2 Å². The third kappa shape index (κ3) is 6.52. The van der Waals surface area contributed by atoms with Crippen LogP contribution in [0, 0.1) is 29.6 Å². The first kappa shape index (κ1) is 27.4. The Labute approximate surface area is 213 Å². The number of hydrogen-bond donors (Lipinski definition) is 4. The zero-order valence-corrected chi connectivity index (χ0v) is 21.4. The van der Waals surface area contributed by atoms with E-state index in [-0.39, 0.29) is 23.1 Å². The van der Waals surface area contributed by atoms with Gasteiger partial charge in [-0.05, 0) is 68.7 Å². The van der Waals surface area contributed by atoms with Gasteiger partial charge in [-0.2, -0.15) is 5.26 Å². The van der Waals surface area contributed by atoms with Crippen molar-refractivity contribution in [1.82, 2.24) is 5.32 Å². The minimum Gasteiger partial charge on any atom is -0.515 e. The van der Waals surface area contributed by atoms with Gasteiger partial charge in [0, 0.05) is 24.6 Å². The molecule has 1 atom stereocenters. The molecule has 1 aliphatic carbocycles. The van der Waals surface area contributed by atoms with E-state index < -0.39 is 17.4 Å². The Hall–Kier alpha value is -3.18. The molecule has 2 fully saturated rings. The number of nitriles is 1. The highest BCUT2D eigenvalue weighted by Crippen LogP contribution is 2.37. The largest absolute Gasteiger partial charge is 0.515 e. The second-order valence-electron chi connectivity index (χ2n) is 10.0. The number of hydrogen-bond acceptors (Lipinski definition) is 6. The molecule has 0 spiro atoms. The third-order valence-corrected chi connectivity index (χ3v) is 7.54.